The number of primary amides is 1. The molecule has 1 aromatic carbocycles. The van der Waals surface area contributed by atoms with Gasteiger partial charge >= 0.3 is 5.97 Å². The first kappa shape index (κ1) is 30.7. The average Bonchev–Trinajstić information content (AvgIpc) is 3.35. The largest absolute Gasteiger partial charge is 0.456 e. The molecule has 0 bridgehead atoms. The van der Waals surface area contributed by atoms with Crippen molar-refractivity contribution in [2.24, 2.45) is 57.0 Å². The van der Waals surface area contributed by atoms with Gasteiger partial charge in [-0.25, -0.2) is 4.79 Å². The fourth-order valence-electron chi connectivity index (χ4n) is 11.9. The lowest BCUT2D eigenvalue weighted by Crippen LogP contribution is -2.60. The first-order valence-corrected chi connectivity index (χ1v) is 17.1. The third-order valence-electron chi connectivity index (χ3n) is 13.6. The molecule has 4 fully saturated rings. The van der Waals surface area contributed by atoms with Crippen molar-refractivity contribution in [1.29, 1.82) is 0 Å². The highest BCUT2D eigenvalue weighted by atomic mass is 16.6. The molecule has 0 aromatic heterocycles. The number of rotatable bonds is 4. The lowest BCUT2D eigenvalue weighted by Gasteiger charge is -2.67. The van der Waals surface area contributed by atoms with Crippen LogP contribution in [0.2, 0.25) is 0 Å². The van der Waals surface area contributed by atoms with Crippen molar-refractivity contribution < 1.29 is 14.3 Å². The maximum atomic E-state index is 12.6. The second-order valence-electron chi connectivity index (χ2n) is 17.1. The third-order valence-corrected chi connectivity index (χ3v) is 13.6. The van der Waals surface area contributed by atoms with Gasteiger partial charge in [-0.15, -0.1) is 0 Å². The number of hydrogen-bond donors (Lipinski definition) is 1. The van der Waals surface area contributed by atoms with E-state index in [2.05, 4.69) is 52.0 Å². The van der Waals surface area contributed by atoms with Crippen molar-refractivity contribution in [3.8, 4) is 0 Å². The zero-order chi connectivity index (χ0) is 31.0. The molecular formula is C39H55NO3. The summed E-state index contributed by atoms with van der Waals surface area (Å²) in [4.78, 5) is 24.3. The van der Waals surface area contributed by atoms with E-state index in [1.54, 1.807) is 6.08 Å². The van der Waals surface area contributed by atoms with Crippen LogP contribution in [0.3, 0.4) is 0 Å². The zero-order valence-electron chi connectivity index (χ0n) is 27.8. The van der Waals surface area contributed by atoms with Crippen LogP contribution in [0.1, 0.15) is 129 Å². The van der Waals surface area contributed by atoms with E-state index in [9.17, 15) is 9.59 Å². The molecule has 5 aliphatic carbocycles. The van der Waals surface area contributed by atoms with Crippen LogP contribution >= 0.6 is 0 Å². The van der Waals surface area contributed by atoms with Gasteiger partial charge in [-0.2, -0.15) is 0 Å². The molecule has 234 valence electrons. The van der Waals surface area contributed by atoms with Crippen LogP contribution in [0.25, 0.3) is 5.57 Å². The monoisotopic (exact) mass is 585 g/mol. The van der Waals surface area contributed by atoms with Crippen LogP contribution in [0.4, 0.5) is 0 Å². The molecular weight excluding hydrogens is 530 g/mol. The minimum atomic E-state index is -0.497. The number of nitrogens with two attached hydrogens (primary N) is 1. The molecule has 4 nitrogen and oxygen atoms in total. The van der Waals surface area contributed by atoms with Gasteiger partial charge in [-0.3, -0.25) is 4.79 Å². The minimum absolute atomic E-state index is 0.0654. The fraction of sp³-hybridized carbons (Fsp3) is 0.692. The molecule has 43 heavy (non-hydrogen) atoms. The molecule has 6 unspecified atom stereocenters. The molecule has 1 aromatic rings. The molecule has 4 saturated carbocycles. The summed E-state index contributed by atoms with van der Waals surface area (Å²) in [7, 11) is 0. The first-order valence-electron chi connectivity index (χ1n) is 17.1. The van der Waals surface area contributed by atoms with E-state index in [4.69, 9.17) is 10.5 Å². The number of carbonyl (C=O) groups is 2. The summed E-state index contributed by atoms with van der Waals surface area (Å²) in [6, 6.07) is 8.15. The van der Waals surface area contributed by atoms with Crippen LogP contribution in [-0.2, 0) is 9.53 Å². The van der Waals surface area contributed by atoms with Crippen molar-refractivity contribution in [3.05, 3.63) is 53.6 Å². The summed E-state index contributed by atoms with van der Waals surface area (Å²) in [5.41, 5.74) is 9.32. The molecule has 0 heterocycles. The highest BCUT2D eigenvalue weighted by Gasteiger charge is 2.64. The van der Waals surface area contributed by atoms with Gasteiger partial charge in [0.1, 0.15) is 5.60 Å². The summed E-state index contributed by atoms with van der Waals surface area (Å²) in [5, 5.41) is 0. The Kier molecular flexibility index (Phi) is 7.38. The maximum absolute atomic E-state index is 12.6. The minimum Gasteiger partial charge on any atom is -0.456 e. The average molecular weight is 586 g/mol. The number of fused-ring (bicyclic) bond motifs is 7. The summed E-state index contributed by atoms with van der Waals surface area (Å²) < 4.78 is 5.60. The van der Waals surface area contributed by atoms with E-state index in [1.165, 1.54) is 68.9 Å². The van der Waals surface area contributed by atoms with E-state index >= 15 is 0 Å². The zero-order valence-corrected chi connectivity index (χ0v) is 27.8. The van der Waals surface area contributed by atoms with Crippen molar-refractivity contribution in [3.63, 3.8) is 0 Å². The van der Waals surface area contributed by atoms with Gasteiger partial charge in [0.05, 0.1) is 5.56 Å². The molecule has 2 N–H and O–H groups in total. The van der Waals surface area contributed by atoms with Gasteiger partial charge in [-0.1, -0.05) is 58.4 Å². The van der Waals surface area contributed by atoms with Crippen LogP contribution in [0.15, 0.2) is 42.5 Å². The van der Waals surface area contributed by atoms with E-state index in [0.717, 1.165) is 24.2 Å². The number of benzene rings is 1. The quantitative estimate of drug-likeness (QED) is 0.283. The fourth-order valence-corrected chi connectivity index (χ4v) is 11.9. The molecule has 0 radical (unpaired) electrons. The Morgan fingerprint density at radius 2 is 1.47 bits per heavy atom. The molecule has 4 heteroatoms. The van der Waals surface area contributed by atoms with Crippen molar-refractivity contribution in [1.82, 2.24) is 0 Å². The standard InChI is InChI=1S/C39H55NO3/c1-35(2,3)43-34(42)26-12-10-25(11-13-26)27-18-21-38(7)29-14-15-30-31-9-8-20-39(31,22-19-33(40)41)24-23-37(30,6)28(29)16-17-32(38)36(27,4)5/h10-13,18-19,22,28-32H,8-9,14-17,20-21,23-24H2,1-7H3,(H2,40,41)/b22-19+/t28?,29?,30?,31-,32?,37+,38?,39?/m1/s1. The summed E-state index contributed by atoms with van der Waals surface area (Å²) in [5.74, 6) is 3.08. The Morgan fingerprint density at radius 3 is 2.12 bits per heavy atom. The van der Waals surface area contributed by atoms with E-state index in [0.29, 0.717) is 28.2 Å². The van der Waals surface area contributed by atoms with Crippen LogP contribution < -0.4 is 5.73 Å². The summed E-state index contributed by atoms with van der Waals surface area (Å²) in [6.45, 7) is 16.0. The first-order chi connectivity index (χ1) is 20.1. The third kappa shape index (κ3) is 4.94. The SMILES string of the molecule is CC(C)(C)OC(=O)c1ccc(C2=CCC3(C)C4CCC5[C@H]6CCCC6(/C=C/C(N)=O)CC[C@@]5(C)C4CCC3C2(C)C)cc1. The number of hydrogen-bond acceptors (Lipinski definition) is 3. The van der Waals surface area contributed by atoms with Gasteiger partial charge in [0.25, 0.3) is 0 Å². The number of carbonyl (C=O) groups excluding carboxylic acids is 2. The number of amides is 1. The molecule has 0 saturated heterocycles. The molecule has 0 spiro atoms. The van der Waals surface area contributed by atoms with Crippen LogP contribution in [0, 0.1) is 51.2 Å². The van der Waals surface area contributed by atoms with Crippen LogP contribution in [0.5, 0.6) is 0 Å². The second-order valence-corrected chi connectivity index (χ2v) is 17.1. The Balaban J connectivity index is 1.25. The van der Waals surface area contributed by atoms with Crippen molar-refractivity contribution in [2.75, 3.05) is 0 Å². The Hall–Kier alpha value is -2.36. The molecule has 1 amide bonds. The lowest BCUT2D eigenvalue weighted by molar-refractivity contribution is -0.166. The van der Waals surface area contributed by atoms with Gasteiger partial charge in [0.15, 0.2) is 0 Å². The summed E-state index contributed by atoms with van der Waals surface area (Å²) in [6.07, 6.45) is 19.2. The maximum Gasteiger partial charge on any atom is 0.338 e. The van der Waals surface area contributed by atoms with Gasteiger partial charge in [0, 0.05) is 0 Å². The van der Waals surface area contributed by atoms with E-state index in [1.807, 2.05) is 32.9 Å². The second kappa shape index (κ2) is 10.3. The molecule has 8 atom stereocenters. The molecule has 6 rings (SSSR count). The van der Waals surface area contributed by atoms with Gasteiger partial charge in [0.2, 0.25) is 5.91 Å². The van der Waals surface area contributed by atoms with E-state index in [-0.39, 0.29) is 22.7 Å². The number of esters is 1. The highest BCUT2D eigenvalue weighted by Crippen LogP contribution is 2.73. The topological polar surface area (TPSA) is 69.4 Å². The van der Waals surface area contributed by atoms with Crippen molar-refractivity contribution in [2.45, 2.75) is 118 Å². The smallest absolute Gasteiger partial charge is 0.338 e. The predicted molar refractivity (Wildman–Crippen MR) is 174 cm³/mol. The van der Waals surface area contributed by atoms with Gasteiger partial charge < -0.3 is 10.5 Å². The highest BCUT2D eigenvalue weighted by molar-refractivity contribution is 5.90. The Morgan fingerprint density at radius 1 is 0.837 bits per heavy atom. The predicted octanol–water partition coefficient (Wildman–Crippen LogP) is 9.14. The molecule has 0 aliphatic heterocycles. The number of allylic oxidation sites excluding steroid dienone is 3. The van der Waals surface area contributed by atoms with Crippen LogP contribution in [-0.4, -0.2) is 17.5 Å². The van der Waals surface area contributed by atoms with Crippen molar-refractivity contribution >= 4 is 17.4 Å². The van der Waals surface area contributed by atoms with Gasteiger partial charge in [-0.05, 0) is 159 Å². The Labute approximate surface area is 260 Å². The Bertz CT molecular complexity index is 1330. The lowest BCUT2D eigenvalue weighted by atomic mass is 9.37. The summed E-state index contributed by atoms with van der Waals surface area (Å²) >= 11 is 0. The molecule has 5 aliphatic rings. The number of ether oxygens (including phenoxy) is 1. The normalized spacial score (nSPS) is 40.1. The van der Waals surface area contributed by atoms with E-state index < -0.39 is 5.60 Å².